The molecule has 0 aliphatic heterocycles. The number of ether oxygens (including phenoxy) is 1. The Morgan fingerprint density at radius 2 is 1.90 bits per heavy atom. The van der Waals surface area contributed by atoms with Gasteiger partial charge < -0.3 is 10.1 Å². The minimum absolute atomic E-state index is 0.232. The second-order valence-electron chi connectivity index (χ2n) is 4.56. The molecule has 2 nitrogen and oxygen atoms in total. The molecule has 0 aliphatic carbocycles. The van der Waals surface area contributed by atoms with Gasteiger partial charge in [-0.1, -0.05) is 35.0 Å². The highest BCUT2D eigenvalue weighted by molar-refractivity contribution is 9.10. The van der Waals surface area contributed by atoms with Crippen molar-refractivity contribution in [1.82, 2.24) is 5.32 Å². The summed E-state index contributed by atoms with van der Waals surface area (Å²) >= 11 is 3.23. The molecule has 0 radical (unpaired) electrons. The van der Waals surface area contributed by atoms with Crippen molar-refractivity contribution in [3.05, 3.63) is 57.8 Å². The van der Waals surface area contributed by atoms with Gasteiger partial charge in [0.05, 0.1) is 0 Å². The number of aryl methyl sites for hydroxylation is 1. The first-order chi connectivity index (χ1) is 9.60. The summed E-state index contributed by atoms with van der Waals surface area (Å²) in [6.07, 6.45) is 0. The summed E-state index contributed by atoms with van der Waals surface area (Å²) in [5.41, 5.74) is 2.18. The molecule has 20 heavy (non-hydrogen) atoms. The fraction of sp³-hybridized carbons (Fsp3) is 0.250. The summed E-state index contributed by atoms with van der Waals surface area (Å²) in [7, 11) is 0. The van der Waals surface area contributed by atoms with E-state index < -0.39 is 0 Å². The third-order valence-electron chi connectivity index (χ3n) is 2.93. The summed E-state index contributed by atoms with van der Waals surface area (Å²) in [6.45, 7) is 5.79. The third-order valence-corrected chi connectivity index (χ3v) is 3.43. The first-order valence-electron chi connectivity index (χ1n) is 6.53. The quantitative estimate of drug-likeness (QED) is 0.846. The molecule has 0 unspecified atom stereocenters. The fourth-order valence-electron chi connectivity index (χ4n) is 1.88. The largest absolute Gasteiger partial charge is 0.454 e. The number of hydrogen-bond acceptors (Lipinski definition) is 2. The van der Waals surface area contributed by atoms with Crippen LogP contribution in [0, 0.1) is 12.7 Å². The van der Waals surface area contributed by atoms with E-state index in [0.717, 1.165) is 18.7 Å². The highest BCUT2D eigenvalue weighted by Gasteiger charge is 2.07. The van der Waals surface area contributed by atoms with Gasteiger partial charge >= 0.3 is 0 Å². The van der Waals surface area contributed by atoms with Crippen LogP contribution in [0.15, 0.2) is 40.9 Å². The van der Waals surface area contributed by atoms with E-state index >= 15 is 0 Å². The lowest BCUT2D eigenvalue weighted by atomic mass is 10.1. The summed E-state index contributed by atoms with van der Waals surface area (Å²) in [6, 6.07) is 10.7. The number of nitrogens with one attached hydrogen (secondary N) is 1. The maximum atomic E-state index is 13.7. The third kappa shape index (κ3) is 3.81. The molecule has 2 aromatic carbocycles. The van der Waals surface area contributed by atoms with E-state index in [0.29, 0.717) is 10.2 Å². The Morgan fingerprint density at radius 1 is 1.15 bits per heavy atom. The van der Waals surface area contributed by atoms with Gasteiger partial charge in [0.2, 0.25) is 0 Å². The van der Waals surface area contributed by atoms with Crippen molar-refractivity contribution in [2.75, 3.05) is 6.54 Å². The molecule has 0 aromatic heterocycles. The Hall–Kier alpha value is -1.39. The van der Waals surface area contributed by atoms with Gasteiger partial charge in [0.25, 0.3) is 0 Å². The van der Waals surface area contributed by atoms with Crippen LogP contribution in [0.5, 0.6) is 11.5 Å². The molecule has 1 N–H and O–H groups in total. The van der Waals surface area contributed by atoms with Gasteiger partial charge in [-0.3, -0.25) is 0 Å². The molecule has 0 bridgehead atoms. The van der Waals surface area contributed by atoms with Crippen LogP contribution < -0.4 is 10.1 Å². The molecule has 2 aromatic rings. The van der Waals surface area contributed by atoms with Crippen LogP contribution in [0.4, 0.5) is 4.39 Å². The van der Waals surface area contributed by atoms with Crippen molar-refractivity contribution < 1.29 is 9.13 Å². The van der Waals surface area contributed by atoms with E-state index in [1.807, 2.05) is 19.1 Å². The van der Waals surface area contributed by atoms with Crippen molar-refractivity contribution in [2.24, 2.45) is 0 Å². The number of rotatable bonds is 5. The smallest absolute Gasteiger partial charge is 0.166 e. The predicted octanol–water partition coefficient (Wildman–Crippen LogP) is 4.80. The van der Waals surface area contributed by atoms with Crippen molar-refractivity contribution in [3.63, 3.8) is 0 Å². The van der Waals surface area contributed by atoms with Gasteiger partial charge in [0.15, 0.2) is 11.6 Å². The first-order valence-corrected chi connectivity index (χ1v) is 7.32. The summed E-state index contributed by atoms with van der Waals surface area (Å²) < 4.78 is 20.1. The zero-order chi connectivity index (χ0) is 14.5. The minimum Gasteiger partial charge on any atom is -0.454 e. The molecule has 0 saturated heterocycles. The van der Waals surface area contributed by atoms with E-state index in [-0.39, 0.29) is 11.6 Å². The van der Waals surface area contributed by atoms with Gasteiger partial charge in [-0.25, -0.2) is 4.39 Å². The van der Waals surface area contributed by atoms with Crippen molar-refractivity contribution in [1.29, 1.82) is 0 Å². The zero-order valence-electron chi connectivity index (χ0n) is 11.5. The molecule has 0 saturated carbocycles. The molecular formula is C16H17BrFNO. The Kier molecular flexibility index (Phi) is 5.15. The van der Waals surface area contributed by atoms with Crippen LogP contribution in [-0.2, 0) is 6.54 Å². The second-order valence-corrected chi connectivity index (χ2v) is 5.47. The number of hydrogen-bond donors (Lipinski definition) is 1. The summed E-state index contributed by atoms with van der Waals surface area (Å²) in [5, 5.41) is 3.27. The number of halogens is 2. The van der Waals surface area contributed by atoms with Crippen molar-refractivity contribution >= 4 is 15.9 Å². The number of benzene rings is 2. The normalized spacial score (nSPS) is 10.6. The fourth-order valence-corrected chi connectivity index (χ4v) is 2.21. The van der Waals surface area contributed by atoms with Gasteiger partial charge in [-0.15, -0.1) is 0 Å². The van der Waals surface area contributed by atoms with Crippen LogP contribution in [0.25, 0.3) is 0 Å². The van der Waals surface area contributed by atoms with Crippen molar-refractivity contribution in [3.8, 4) is 11.5 Å². The molecule has 4 heteroatoms. The van der Waals surface area contributed by atoms with Gasteiger partial charge in [-0.2, -0.15) is 0 Å². The van der Waals surface area contributed by atoms with Gasteiger partial charge in [-0.05, 0) is 48.9 Å². The lowest BCUT2D eigenvalue weighted by Crippen LogP contribution is -2.11. The van der Waals surface area contributed by atoms with E-state index in [9.17, 15) is 4.39 Å². The molecule has 106 valence electrons. The molecule has 2 rings (SSSR count). The van der Waals surface area contributed by atoms with Crippen molar-refractivity contribution in [2.45, 2.75) is 20.4 Å². The minimum atomic E-state index is -0.379. The lowest BCUT2D eigenvalue weighted by Gasteiger charge is -2.11. The highest BCUT2D eigenvalue weighted by atomic mass is 79.9. The van der Waals surface area contributed by atoms with E-state index in [1.54, 1.807) is 12.1 Å². The Balaban J connectivity index is 2.17. The van der Waals surface area contributed by atoms with Crippen LogP contribution in [0.1, 0.15) is 18.1 Å². The molecule has 0 spiro atoms. The maximum Gasteiger partial charge on any atom is 0.166 e. The molecule has 0 aliphatic rings. The first kappa shape index (κ1) is 15.0. The van der Waals surface area contributed by atoms with Crippen LogP contribution in [0.3, 0.4) is 0 Å². The standard InChI is InChI=1S/C16H17BrFNO/c1-3-19-10-12-4-6-15(11(2)8-12)20-16-7-5-13(17)9-14(16)18/h4-9,19H,3,10H2,1-2H3. The highest BCUT2D eigenvalue weighted by Crippen LogP contribution is 2.29. The van der Waals surface area contributed by atoms with Crippen LogP contribution >= 0.6 is 15.9 Å². The molecule has 0 atom stereocenters. The SMILES string of the molecule is CCNCc1ccc(Oc2ccc(Br)cc2F)c(C)c1. The Labute approximate surface area is 127 Å². The predicted molar refractivity (Wildman–Crippen MR) is 82.7 cm³/mol. The van der Waals surface area contributed by atoms with E-state index in [1.165, 1.54) is 11.6 Å². The van der Waals surface area contributed by atoms with Gasteiger partial charge in [0.1, 0.15) is 5.75 Å². The Bertz CT molecular complexity index is 601. The summed E-state index contributed by atoms with van der Waals surface area (Å²) in [4.78, 5) is 0. The zero-order valence-corrected chi connectivity index (χ0v) is 13.1. The maximum absolute atomic E-state index is 13.7. The molecule has 0 fully saturated rings. The molecular weight excluding hydrogens is 321 g/mol. The average Bonchev–Trinajstić information content (AvgIpc) is 2.42. The van der Waals surface area contributed by atoms with E-state index in [4.69, 9.17) is 4.74 Å². The van der Waals surface area contributed by atoms with Crippen LogP contribution in [-0.4, -0.2) is 6.54 Å². The average molecular weight is 338 g/mol. The summed E-state index contributed by atoms with van der Waals surface area (Å²) in [5.74, 6) is 0.526. The second kappa shape index (κ2) is 6.86. The Morgan fingerprint density at radius 3 is 2.55 bits per heavy atom. The topological polar surface area (TPSA) is 21.3 Å². The van der Waals surface area contributed by atoms with Crippen LogP contribution in [0.2, 0.25) is 0 Å². The van der Waals surface area contributed by atoms with Gasteiger partial charge in [0, 0.05) is 11.0 Å². The molecule has 0 heterocycles. The van der Waals surface area contributed by atoms with E-state index in [2.05, 4.69) is 34.2 Å². The molecule has 0 amide bonds. The lowest BCUT2D eigenvalue weighted by molar-refractivity contribution is 0.439. The monoisotopic (exact) mass is 337 g/mol.